The van der Waals surface area contributed by atoms with Gasteiger partial charge in [-0.05, 0) is 12.8 Å². The molecule has 0 bridgehead atoms. The molecule has 0 saturated carbocycles. The normalized spacial score (nSPS) is 33.8. The van der Waals surface area contributed by atoms with Crippen molar-refractivity contribution < 1.29 is 17.9 Å². The Morgan fingerprint density at radius 3 is 2.27 bits per heavy atom. The summed E-state index contributed by atoms with van der Waals surface area (Å²) in [7, 11) is 0. The molecule has 2 N–H and O–H groups in total. The second-order valence-corrected chi connectivity index (χ2v) is 2.70. The number of alkyl halides is 3. The van der Waals surface area contributed by atoms with E-state index in [0.717, 1.165) is 0 Å². The van der Waals surface area contributed by atoms with Crippen molar-refractivity contribution >= 4 is 0 Å². The first-order valence-electron chi connectivity index (χ1n) is 3.44. The predicted octanol–water partition coefficient (Wildman–Crippen LogP) is 1.05. The van der Waals surface area contributed by atoms with Crippen LogP contribution in [0.3, 0.4) is 0 Å². The number of hydrogen-bond donors (Lipinski definition) is 1. The third-order valence-electron chi connectivity index (χ3n) is 1.68. The Balaban J connectivity index is 2.39. The van der Waals surface area contributed by atoms with Crippen molar-refractivity contribution in [2.75, 3.05) is 6.61 Å². The van der Waals surface area contributed by atoms with Gasteiger partial charge in [-0.15, -0.1) is 0 Å². The van der Waals surface area contributed by atoms with Crippen molar-refractivity contribution in [1.82, 2.24) is 0 Å². The minimum atomic E-state index is -4.22. The maximum absolute atomic E-state index is 11.9. The fourth-order valence-electron chi connectivity index (χ4n) is 1.03. The molecule has 5 heteroatoms. The molecular weight excluding hydrogens is 159 g/mol. The first-order chi connectivity index (χ1) is 5.00. The molecule has 1 rings (SSSR count). The van der Waals surface area contributed by atoms with Gasteiger partial charge in [-0.1, -0.05) is 0 Å². The highest BCUT2D eigenvalue weighted by Gasteiger charge is 2.42. The Morgan fingerprint density at radius 1 is 1.27 bits per heavy atom. The maximum atomic E-state index is 11.9. The van der Waals surface area contributed by atoms with Gasteiger partial charge in [0.05, 0.1) is 6.61 Å². The maximum Gasteiger partial charge on any atom is 0.414 e. The van der Waals surface area contributed by atoms with Crippen LogP contribution in [0.2, 0.25) is 0 Å². The Morgan fingerprint density at radius 2 is 1.91 bits per heavy atom. The molecule has 0 unspecified atom stereocenters. The summed E-state index contributed by atoms with van der Waals surface area (Å²) >= 11 is 0. The molecule has 2 atom stereocenters. The molecule has 11 heavy (non-hydrogen) atoms. The van der Waals surface area contributed by atoms with Crippen LogP contribution in [-0.2, 0) is 4.74 Å². The van der Waals surface area contributed by atoms with E-state index in [4.69, 9.17) is 5.73 Å². The first kappa shape index (κ1) is 8.80. The summed E-state index contributed by atoms with van der Waals surface area (Å²) in [6.45, 7) is 0.0180. The molecule has 1 heterocycles. The molecular formula is C6H10F3NO. The van der Waals surface area contributed by atoms with Crippen LogP contribution in [0.5, 0.6) is 0 Å². The van der Waals surface area contributed by atoms with E-state index in [9.17, 15) is 13.2 Å². The highest BCUT2D eigenvalue weighted by Crippen LogP contribution is 2.28. The monoisotopic (exact) mass is 169 g/mol. The molecule has 0 radical (unpaired) electrons. The molecule has 1 fully saturated rings. The Hall–Kier alpha value is -0.290. The third-order valence-corrected chi connectivity index (χ3v) is 1.68. The van der Waals surface area contributed by atoms with E-state index in [0.29, 0.717) is 6.42 Å². The molecule has 0 spiro atoms. The van der Waals surface area contributed by atoms with Gasteiger partial charge in [-0.3, -0.25) is 0 Å². The largest absolute Gasteiger partial charge is 0.414 e. The van der Waals surface area contributed by atoms with Crippen LogP contribution in [0.25, 0.3) is 0 Å². The molecule has 0 aliphatic carbocycles. The van der Waals surface area contributed by atoms with Gasteiger partial charge < -0.3 is 10.5 Å². The minimum absolute atomic E-state index is 0.00926. The quantitative estimate of drug-likeness (QED) is 0.588. The topological polar surface area (TPSA) is 35.2 Å². The van der Waals surface area contributed by atoms with Gasteiger partial charge in [0, 0.05) is 6.04 Å². The molecule has 0 aromatic heterocycles. The smallest absolute Gasteiger partial charge is 0.367 e. The molecule has 1 aliphatic rings. The zero-order valence-corrected chi connectivity index (χ0v) is 5.90. The van der Waals surface area contributed by atoms with E-state index in [1.165, 1.54) is 0 Å². The highest BCUT2D eigenvalue weighted by molar-refractivity contribution is 4.76. The Bertz CT molecular complexity index is 128. The average molecular weight is 169 g/mol. The lowest BCUT2D eigenvalue weighted by Gasteiger charge is -2.28. The number of hydrogen-bond acceptors (Lipinski definition) is 2. The number of halogens is 3. The van der Waals surface area contributed by atoms with Crippen LogP contribution >= 0.6 is 0 Å². The molecule has 1 saturated heterocycles. The van der Waals surface area contributed by atoms with E-state index in [-0.39, 0.29) is 19.1 Å². The molecule has 2 nitrogen and oxygen atoms in total. The van der Waals surface area contributed by atoms with Crippen LogP contribution in [-0.4, -0.2) is 24.9 Å². The third kappa shape index (κ3) is 2.34. The zero-order valence-electron chi connectivity index (χ0n) is 5.90. The highest BCUT2D eigenvalue weighted by atomic mass is 19.4. The molecule has 0 aromatic carbocycles. The lowest BCUT2D eigenvalue weighted by atomic mass is 10.1. The van der Waals surface area contributed by atoms with Crippen LogP contribution in [0.1, 0.15) is 12.8 Å². The van der Waals surface area contributed by atoms with Gasteiger partial charge in [0.25, 0.3) is 0 Å². The van der Waals surface area contributed by atoms with E-state index in [1.54, 1.807) is 0 Å². The Kier molecular flexibility index (Phi) is 2.39. The second-order valence-electron chi connectivity index (χ2n) is 2.70. The van der Waals surface area contributed by atoms with Gasteiger partial charge in [0.1, 0.15) is 0 Å². The SMILES string of the molecule is N[C@@H]1CC[C@@H](C(F)(F)F)OC1. The molecule has 0 amide bonds. The van der Waals surface area contributed by atoms with Crippen LogP contribution in [0.15, 0.2) is 0 Å². The van der Waals surface area contributed by atoms with Crippen molar-refractivity contribution in [3.05, 3.63) is 0 Å². The first-order valence-corrected chi connectivity index (χ1v) is 3.44. The summed E-state index contributed by atoms with van der Waals surface area (Å²) in [6.07, 6.45) is -5.43. The van der Waals surface area contributed by atoms with E-state index < -0.39 is 12.3 Å². The molecule has 0 aromatic rings. The summed E-state index contributed by atoms with van der Waals surface area (Å²) < 4.78 is 40.2. The Labute approximate surface area is 62.5 Å². The number of ether oxygens (including phenoxy) is 1. The van der Waals surface area contributed by atoms with Crippen molar-refractivity contribution in [2.24, 2.45) is 5.73 Å². The van der Waals surface area contributed by atoms with Gasteiger partial charge in [-0.2, -0.15) is 13.2 Å². The van der Waals surface area contributed by atoms with Crippen LogP contribution in [0.4, 0.5) is 13.2 Å². The van der Waals surface area contributed by atoms with Crippen molar-refractivity contribution in [3.63, 3.8) is 0 Å². The van der Waals surface area contributed by atoms with E-state index >= 15 is 0 Å². The van der Waals surface area contributed by atoms with Crippen molar-refractivity contribution in [1.29, 1.82) is 0 Å². The predicted molar refractivity (Wildman–Crippen MR) is 33.0 cm³/mol. The minimum Gasteiger partial charge on any atom is -0.367 e. The van der Waals surface area contributed by atoms with Crippen LogP contribution < -0.4 is 5.73 Å². The van der Waals surface area contributed by atoms with Crippen molar-refractivity contribution in [2.45, 2.75) is 31.2 Å². The van der Waals surface area contributed by atoms with Gasteiger partial charge in [-0.25, -0.2) is 0 Å². The summed E-state index contributed by atoms with van der Waals surface area (Å²) in [6, 6.07) is -0.228. The van der Waals surface area contributed by atoms with Gasteiger partial charge >= 0.3 is 6.18 Å². The lowest BCUT2D eigenvalue weighted by molar-refractivity contribution is -0.231. The standard InChI is InChI=1S/C6H10F3NO/c7-6(8,9)5-2-1-4(10)3-11-5/h4-5H,1-3,10H2/t4-,5+/m1/s1. The number of rotatable bonds is 0. The summed E-state index contributed by atoms with van der Waals surface area (Å²) in [5, 5.41) is 0. The van der Waals surface area contributed by atoms with E-state index in [1.807, 2.05) is 0 Å². The van der Waals surface area contributed by atoms with E-state index in [2.05, 4.69) is 4.74 Å². The molecule has 1 aliphatic heterocycles. The second kappa shape index (κ2) is 2.98. The molecule has 66 valence electrons. The summed E-state index contributed by atoms with van der Waals surface area (Å²) in [5.41, 5.74) is 5.35. The lowest BCUT2D eigenvalue weighted by Crippen LogP contribution is -2.42. The van der Waals surface area contributed by atoms with Crippen LogP contribution in [0, 0.1) is 0 Å². The fourth-order valence-corrected chi connectivity index (χ4v) is 1.03. The number of nitrogens with two attached hydrogens (primary N) is 1. The zero-order chi connectivity index (χ0) is 8.48. The summed E-state index contributed by atoms with van der Waals surface area (Å²) in [4.78, 5) is 0. The average Bonchev–Trinajstić information content (AvgIpc) is 1.86. The summed E-state index contributed by atoms with van der Waals surface area (Å²) in [5.74, 6) is 0. The van der Waals surface area contributed by atoms with Crippen molar-refractivity contribution in [3.8, 4) is 0 Å². The van der Waals surface area contributed by atoms with Gasteiger partial charge in [0.15, 0.2) is 6.10 Å². The fraction of sp³-hybridized carbons (Fsp3) is 1.00. The van der Waals surface area contributed by atoms with Gasteiger partial charge in [0.2, 0.25) is 0 Å².